The first-order valence-corrected chi connectivity index (χ1v) is 4.77. The minimum absolute atomic E-state index is 0.123. The maximum absolute atomic E-state index is 10.8. The molecule has 0 bridgehead atoms. The van der Waals surface area contributed by atoms with E-state index in [0.29, 0.717) is 24.0 Å². The summed E-state index contributed by atoms with van der Waals surface area (Å²) in [4.78, 5) is 21.4. The number of hydrogen-bond acceptors (Lipinski definition) is 2. The van der Waals surface area contributed by atoms with Crippen molar-refractivity contribution in [2.75, 3.05) is 0 Å². The Bertz CT molecular complexity index is 278. The highest BCUT2D eigenvalue weighted by molar-refractivity contribution is 5.88. The zero-order valence-corrected chi connectivity index (χ0v) is 7.95. The van der Waals surface area contributed by atoms with Crippen LogP contribution in [0.5, 0.6) is 0 Å². The fraction of sp³-hybridized carbons (Fsp3) is 0.600. The molecule has 0 heterocycles. The molecule has 0 aromatic rings. The third-order valence-corrected chi connectivity index (χ3v) is 2.45. The fourth-order valence-electron chi connectivity index (χ4n) is 1.78. The van der Waals surface area contributed by atoms with E-state index in [0.717, 1.165) is 19.3 Å². The number of carboxylic acids is 2. The molecule has 0 unspecified atom stereocenters. The average Bonchev–Trinajstić information content (AvgIpc) is 2.28. The maximum Gasteiger partial charge on any atom is 0.331 e. The van der Waals surface area contributed by atoms with Crippen LogP contribution in [0, 0.1) is 0 Å². The Hall–Kier alpha value is -1.32. The van der Waals surface area contributed by atoms with Gasteiger partial charge in [-0.05, 0) is 31.3 Å². The van der Waals surface area contributed by atoms with Gasteiger partial charge in [-0.25, -0.2) is 4.79 Å². The smallest absolute Gasteiger partial charge is 0.331 e. The molecule has 14 heavy (non-hydrogen) atoms. The summed E-state index contributed by atoms with van der Waals surface area (Å²) < 4.78 is 0. The molecule has 78 valence electrons. The quantitative estimate of drug-likeness (QED) is 0.725. The van der Waals surface area contributed by atoms with E-state index in [9.17, 15) is 9.59 Å². The van der Waals surface area contributed by atoms with Crippen LogP contribution in [0.25, 0.3) is 0 Å². The van der Waals surface area contributed by atoms with Crippen molar-refractivity contribution < 1.29 is 19.8 Å². The normalized spacial score (nSPS) is 17.7. The molecule has 0 aromatic heterocycles. The Labute approximate surface area is 82.2 Å². The summed E-state index contributed by atoms with van der Waals surface area (Å²) in [6, 6.07) is 0. The summed E-state index contributed by atoms with van der Waals surface area (Å²) in [5.41, 5.74) is 0.924. The number of aliphatic carboxylic acids is 2. The van der Waals surface area contributed by atoms with Gasteiger partial charge < -0.3 is 10.2 Å². The van der Waals surface area contributed by atoms with Crippen molar-refractivity contribution in [2.45, 2.75) is 38.5 Å². The molecule has 1 aliphatic rings. The fourth-order valence-corrected chi connectivity index (χ4v) is 1.78. The summed E-state index contributed by atoms with van der Waals surface area (Å²) >= 11 is 0. The molecule has 0 fully saturated rings. The van der Waals surface area contributed by atoms with E-state index < -0.39 is 11.9 Å². The lowest BCUT2D eigenvalue weighted by Crippen LogP contribution is -2.07. The third kappa shape index (κ3) is 2.87. The molecule has 0 saturated carbocycles. The molecule has 0 aromatic carbocycles. The topological polar surface area (TPSA) is 74.6 Å². The lowest BCUT2D eigenvalue weighted by atomic mass is 10.0. The van der Waals surface area contributed by atoms with Crippen molar-refractivity contribution in [1.82, 2.24) is 0 Å². The molecule has 0 saturated heterocycles. The molecule has 1 rings (SSSR count). The molecule has 0 spiro atoms. The molecule has 4 nitrogen and oxygen atoms in total. The minimum Gasteiger partial charge on any atom is -0.481 e. The Balaban J connectivity index is 2.86. The van der Waals surface area contributed by atoms with Crippen molar-refractivity contribution in [3.63, 3.8) is 0 Å². The van der Waals surface area contributed by atoms with E-state index in [1.807, 2.05) is 0 Å². The van der Waals surface area contributed by atoms with E-state index in [2.05, 4.69) is 0 Å². The summed E-state index contributed by atoms with van der Waals surface area (Å²) in [6.45, 7) is 0. The molecular formula is C10H14O4. The zero-order valence-electron chi connectivity index (χ0n) is 7.95. The predicted molar refractivity (Wildman–Crippen MR) is 50.0 cm³/mol. The summed E-state index contributed by atoms with van der Waals surface area (Å²) in [5, 5.41) is 17.5. The van der Waals surface area contributed by atoms with E-state index in [4.69, 9.17) is 10.2 Å². The Kier molecular flexibility index (Phi) is 3.68. The van der Waals surface area contributed by atoms with Crippen LogP contribution >= 0.6 is 0 Å². The van der Waals surface area contributed by atoms with Crippen LogP contribution in [0.15, 0.2) is 11.1 Å². The van der Waals surface area contributed by atoms with Gasteiger partial charge in [-0.15, -0.1) is 0 Å². The highest BCUT2D eigenvalue weighted by Gasteiger charge is 2.18. The standard InChI is InChI=1S/C10H14O4/c11-9(12)6-7-4-2-1-3-5-8(7)10(13)14/h1-6H2,(H,11,12)(H,13,14). The van der Waals surface area contributed by atoms with Gasteiger partial charge >= 0.3 is 11.9 Å². The van der Waals surface area contributed by atoms with Crippen molar-refractivity contribution in [2.24, 2.45) is 0 Å². The van der Waals surface area contributed by atoms with E-state index in [1.165, 1.54) is 0 Å². The summed E-state index contributed by atoms with van der Waals surface area (Å²) in [7, 11) is 0. The number of rotatable bonds is 3. The van der Waals surface area contributed by atoms with Crippen molar-refractivity contribution in [3.05, 3.63) is 11.1 Å². The highest BCUT2D eigenvalue weighted by Crippen LogP contribution is 2.26. The average molecular weight is 198 g/mol. The maximum atomic E-state index is 10.8. The van der Waals surface area contributed by atoms with Gasteiger partial charge in [0.05, 0.1) is 6.42 Å². The second-order valence-electron chi connectivity index (χ2n) is 3.52. The van der Waals surface area contributed by atoms with Gasteiger partial charge in [-0.1, -0.05) is 6.42 Å². The molecule has 0 amide bonds. The first kappa shape index (κ1) is 10.8. The Morgan fingerprint density at radius 1 is 1.07 bits per heavy atom. The lowest BCUT2D eigenvalue weighted by molar-refractivity contribution is -0.136. The lowest BCUT2D eigenvalue weighted by Gasteiger charge is -2.05. The monoisotopic (exact) mass is 198 g/mol. The van der Waals surface area contributed by atoms with Crippen LogP contribution < -0.4 is 0 Å². The van der Waals surface area contributed by atoms with Crippen LogP contribution in [0.2, 0.25) is 0 Å². The highest BCUT2D eigenvalue weighted by atomic mass is 16.4. The van der Waals surface area contributed by atoms with Crippen LogP contribution in [0.4, 0.5) is 0 Å². The molecule has 4 heteroatoms. The van der Waals surface area contributed by atoms with Crippen LogP contribution in [0.1, 0.15) is 38.5 Å². The Morgan fingerprint density at radius 3 is 2.29 bits per heavy atom. The second kappa shape index (κ2) is 4.79. The van der Waals surface area contributed by atoms with E-state index in [-0.39, 0.29) is 6.42 Å². The number of hydrogen-bond donors (Lipinski definition) is 2. The zero-order chi connectivity index (χ0) is 10.6. The van der Waals surface area contributed by atoms with Gasteiger partial charge in [0.25, 0.3) is 0 Å². The molecule has 1 aliphatic carbocycles. The van der Waals surface area contributed by atoms with Crippen LogP contribution in [-0.4, -0.2) is 22.2 Å². The van der Waals surface area contributed by atoms with Gasteiger partial charge in [0, 0.05) is 5.57 Å². The van der Waals surface area contributed by atoms with Crippen molar-refractivity contribution in [1.29, 1.82) is 0 Å². The predicted octanol–water partition coefficient (Wildman–Crippen LogP) is 1.81. The van der Waals surface area contributed by atoms with Crippen molar-refractivity contribution in [3.8, 4) is 0 Å². The Morgan fingerprint density at radius 2 is 1.71 bits per heavy atom. The SMILES string of the molecule is O=C(O)CC1=C(C(=O)O)CCCCC1. The summed E-state index contributed by atoms with van der Waals surface area (Å²) in [6.07, 6.45) is 3.75. The largest absolute Gasteiger partial charge is 0.481 e. The second-order valence-corrected chi connectivity index (χ2v) is 3.52. The van der Waals surface area contributed by atoms with Gasteiger partial charge in [0.1, 0.15) is 0 Å². The minimum atomic E-state index is -0.955. The van der Waals surface area contributed by atoms with Crippen LogP contribution in [-0.2, 0) is 9.59 Å². The van der Waals surface area contributed by atoms with Gasteiger partial charge in [0.2, 0.25) is 0 Å². The molecule has 2 N–H and O–H groups in total. The number of carbonyl (C=O) groups is 2. The first-order chi connectivity index (χ1) is 6.61. The third-order valence-electron chi connectivity index (χ3n) is 2.45. The van der Waals surface area contributed by atoms with Crippen molar-refractivity contribution >= 4 is 11.9 Å². The number of carboxylic acid groups (broad SMARTS) is 2. The first-order valence-electron chi connectivity index (χ1n) is 4.77. The van der Waals surface area contributed by atoms with E-state index >= 15 is 0 Å². The molecule has 0 radical (unpaired) electrons. The van der Waals surface area contributed by atoms with E-state index in [1.54, 1.807) is 0 Å². The molecular weight excluding hydrogens is 184 g/mol. The van der Waals surface area contributed by atoms with Crippen LogP contribution in [0.3, 0.4) is 0 Å². The molecule has 0 aliphatic heterocycles. The van der Waals surface area contributed by atoms with Gasteiger partial charge in [0.15, 0.2) is 0 Å². The van der Waals surface area contributed by atoms with Gasteiger partial charge in [-0.2, -0.15) is 0 Å². The molecule has 0 atom stereocenters. The van der Waals surface area contributed by atoms with Gasteiger partial charge in [-0.3, -0.25) is 4.79 Å². The summed E-state index contributed by atoms with van der Waals surface area (Å²) in [5.74, 6) is -1.90.